The molecule has 0 fully saturated rings. The molecule has 2 nitrogen and oxygen atoms in total. The van der Waals surface area contributed by atoms with Gasteiger partial charge >= 0.3 is 6.18 Å². The Bertz CT molecular complexity index is 183. The molecule has 0 spiro atoms. The van der Waals surface area contributed by atoms with E-state index in [2.05, 4.69) is 6.92 Å². The van der Waals surface area contributed by atoms with Crippen LogP contribution in [-0.2, 0) is 0 Å². The van der Waals surface area contributed by atoms with Gasteiger partial charge in [0.25, 0.3) is 0 Å². The first kappa shape index (κ1) is 16.7. The lowest BCUT2D eigenvalue weighted by molar-refractivity contribution is -0.145. The zero-order valence-electron chi connectivity index (χ0n) is 10.9. The van der Waals surface area contributed by atoms with Crippen molar-refractivity contribution in [2.45, 2.75) is 45.7 Å². The average Bonchev–Trinajstić information content (AvgIpc) is 2.24. The molecule has 0 radical (unpaired) electrons. The lowest BCUT2D eigenvalue weighted by Crippen LogP contribution is -2.34. The van der Waals surface area contributed by atoms with Gasteiger partial charge in [-0.05, 0) is 44.8 Å². The maximum atomic E-state index is 12.2. The largest absolute Gasteiger partial charge is 0.401 e. The predicted molar refractivity (Wildman–Crippen MR) is 64.9 cm³/mol. The molecule has 0 saturated heterocycles. The van der Waals surface area contributed by atoms with E-state index in [1.54, 1.807) is 6.92 Å². The van der Waals surface area contributed by atoms with Crippen LogP contribution in [0.2, 0.25) is 0 Å². The van der Waals surface area contributed by atoms with Gasteiger partial charge in [-0.25, -0.2) is 0 Å². The molecule has 2 N–H and O–H groups in total. The lowest BCUT2D eigenvalue weighted by Gasteiger charge is -2.23. The first-order valence-electron chi connectivity index (χ1n) is 6.42. The number of hydrogen-bond acceptors (Lipinski definition) is 2. The molecule has 0 amide bonds. The second-order valence-electron chi connectivity index (χ2n) is 4.48. The highest BCUT2D eigenvalue weighted by atomic mass is 19.4. The Balaban J connectivity index is 3.82. The van der Waals surface area contributed by atoms with Crippen LogP contribution < -0.4 is 5.73 Å². The Morgan fingerprint density at radius 3 is 2.24 bits per heavy atom. The molecule has 17 heavy (non-hydrogen) atoms. The van der Waals surface area contributed by atoms with Gasteiger partial charge in [-0.2, -0.15) is 13.2 Å². The second kappa shape index (κ2) is 8.75. The topological polar surface area (TPSA) is 29.3 Å². The fourth-order valence-corrected chi connectivity index (χ4v) is 1.99. The van der Waals surface area contributed by atoms with Gasteiger partial charge in [-0.1, -0.05) is 20.3 Å². The van der Waals surface area contributed by atoms with Crippen molar-refractivity contribution in [3.8, 4) is 0 Å². The van der Waals surface area contributed by atoms with Crippen molar-refractivity contribution in [2.24, 2.45) is 11.7 Å². The lowest BCUT2D eigenvalue weighted by atomic mass is 9.96. The molecule has 0 aliphatic rings. The molecule has 0 rings (SSSR count). The van der Waals surface area contributed by atoms with Crippen LogP contribution in [0.1, 0.15) is 39.5 Å². The summed E-state index contributed by atoms with van der Waals surface area (Å²) in [6.45, 7) is 4.72. The molecule has 0 bridgehead atoms. The van der Waals surface area contributed by atoms with Gasteiger partial charge in [-0.15, -0.1) is 0 Å². The molecule has 0 aliphatic carbocycles. The molecular weight excluding hydrogens is 229 g/mol. The van der Waals surface area contributed by atoms with Crippen molar-refractivity contribution in [3.63, 3.8) is 0 Å². The standard InChI is InChI=1S/C12H25F3N2/c1-3-11(7-8-16)6-5-9-17(4-2)10-12(13,14)15/h11H,3-10,16H2,1-2H3. The van der Waals surface area contributed by atoms with Crippen molar-refractivity contribution < 1.29 is 13.2 Å². The van der Waals surface area contributed by atoms with Crippen molar-refractivity contribution >= 4 is 0 Å². The number of hydrogen-bond donors (Lipinski definition) is 1. The SMILES string of the molecule is CCC(CCN)CCCN(CC)CC(F)(F)F. The summed E-state index contributed by atoms with van der Waals surface area (Å²) in [6.07, 6.45) is -0.258. The molecule has 0 aromatic heterocycles. The minimum absolute atomic E-state index is 0.452. The third kappa shape index (κ3) is 9.41. The van der Waals surface area contributed by atoms with Crippen LogP contribution in [0.3, 0.4) is 0 Å². The second-order valence-corrected chi connectivity index (χ2v) is 4.48. The smallest absolute Gasteiger partial charge is 0.330 e. The maximum Gasteiger partial charge on any atom is 0.401 e. The van der Waals surface area contributed by atoms with E-state index in [0.717, 1.165) is 25.7 Å². The van der Waals surface area contributed by atoms with Gasteiger partial charge in [0.1, 0.15) is 0 Å². The Morgan fingerprint density at radius 2 is 1.82 bits per heavy atom. The van der Waals surface area contributed by atoms with E-state index in [1.165, 1.54) is 4.90 Å². The molecule has 5 heteroatoms. The number of alkyl halides is 3. The summed E-state index contributed by atoms with van der Waals surface area (Å²) in [7, 11) is 0. The number of nitrogens with zero attached hydrogens (tertiary/aromatic N) is 1. The highest BCUT2D eigenvalue weighted by Gasteiger charge is 2.29. The van der Waals surface area contributed by atoms with E-state index >= 15 is 0 Å². The summed E-state index contributed by atoms with van der Waals surface area (Å²) in [5.74, 6) is 0.560. The summed E-state index contributed by atoms with van der Waals surface area (Å²) in [6, 6.07) is 0. The van der Waals surface area contributed by atoms with E-state index in [9.17, 15) is 13.2 Å². The van der Waals surface area contributed by atoms with Crippen LogP contribution >= 0.6 is 0 Å². The van der Waals surface area contributed by atoms with Gasteiger partial charge in [0.15, 0.2) is 0 Å². The van der Waals surface area contributed by atoms with Crippen LogP contribution in [0, 0.1) is 5.92 Å². The molecule has 1 unspecified atom stereocenters. The average molecular weight is 254 g/mol. The molecule has 0 heterocycles. The summed E-state index contributed by atoms with van der Waals surface area (Å²) in [5.41, 5.74) is 5.49. The molecular formula is C12H25F3N2. The van der Waals surface area contributed by atoms with Crippen molar-refractivity contribution in [1.82, 2.24) is 4.90 Å². The quantitative estimate of drug-likeness (QED) is 0.685. The zero-order valence-corrected chi connectivity index (χ0v) is 10.9. The fourth-order valence-electron chi connectivity index (χ4n) is 1.99. The Kier molecular flexibility index (Phi) is 8.60. The predicted octanol–water partition coefficient (Wildman–Crippen LogP) is 3.03. The summed E-state index contributed by atoms with van der Waals surface area (Å²) < 4.78 is 36.6. The highest BCUT2D eigenvalue weighted by molar-refractivity contribution is 4.64. The van der Waals surface area contributed by atoms with Gasteiger partial charge in [0.05, 0.1) is 6.54 Å². The summed E-state index contributed by atoms with van der Waals surface area (Å²) >= 11 is 0. The van der Waals surface area contributed by atoms with E-state index < -0.39 is 12.7 Å². The summed E-state index contributed by atoms with van der Waals surface area (Å²) in [5, 5.41) is 0. The normalized spacial score (nSPS) is 14.3. The Hall–Kier alpha value is -0.290. The van der Waals surface area contributed by atoms with Gasteiger partial charge in [-0.3, -0.25) is 4.90 Å². The maximum absolute atomic E-state index is 12.2. The number of nitrogens with two attached hydrogens (primary N) is 1. The third-order valence-electron chi connectivity index (χ3n) is 3.09. The minimum atomic E-state index is -4.09. The fraction of sp³-hybridized carbons (Fsp3) is 1.00. The van der Waals surface area contributed by atoms with Crippen molar-refractivity contribution in [1.29, 1.82) is 0 Å². The number of halogens is 3. The van der Waals surface area contributed by atoms with E-state index in [4.69, 9.17) is 5.73 Å². The molecule has 1 atom stereocenters. The Morgan fingerprint density at radius 1 is 1.18 bits per heavy atom. The van der Waals surface area contributed by atoms with Crippen LogP contribution in [0.15, 0.2) is 0 Å². The molecule has 0 aliphatic heterocycles. The Labute approximate surface area is 102 Å². The zero-order chi connectivity index (χ0) is 13.3. The van der Waals surface area contributed by atoms with Crippen LogP contribution in [0.25, 0.3) is 0 Å². The number of rotatable bonds is 9. The molecule has 0 aromatic rings. The summed E-state index contributed by atoms with van der Waals surface area (Å²) in [4.78, 5) is 1.45. The van der Waals surface area contributed by atoms with Crippen LogP contribution in [-0.4, -0.2) is 37.3 Å². The monoisotopic (exact) mass is 254 g/mol. The minimum Gasteiger partial charge on any atom is -0.330 e. The van der Waals surface area contributed by atoms with Crippen LogP contribution in [0.5, 0.6) is 0 Å². The third-order valence-corrected chi connectivity index (χ3v) is 3.09. The van der Waals surface area contributed by atoms with Gasteiger partial charge in [0, 0.05) is 0 Å². The highest BCUT2D eigenvalue weighted by Crippen LogP contribution is 2.18. The van der Waals surface area contributed by atoms with Crippen molar-refractivity contribution in [2.75, 3.05) is 26.2 Å². The van der Waals surface area contributed by atoms with E-state index in [0.29, 0.717) is 25.6 Å². The van der Waals surface area contributed by atoms with Crippen molar-refractivity contribution in [3.05, 3.63) is 0 Å². The first-order chi connectivity index (χ1) is 7.92. The van der Waals surface area contributed by atoms with Gasteiger partial charge < -0.3 is 5.73 Å². The van der Waals surface area contributed by atoms with E-state index in [1.807, 2.05) is 0 Å². The first-order valence-corrected chi connectivity index (χ1v) is 6.42. The van der Waals surface area contributed by atoms with E-state index in [-0.39, 0.29) is 0 Å². The molecule has 104 valence electrons. The van der Waals surface area contributed by atoms with Crippen LogP contribution in [0.4, 0.5) is 13.2 Å². The van der Waals surface area contributed by atoms with Gasteiger partial charge in [0.2, 0.25) is 0 Å². The molecule has 0 saturated carbocycles. The molecule has 0 aromatic carbocycles.